The number of carbonyl (C=O) groups excluding carboxylic acids is 1. The topological polar surface area (TPSA) is 29.1 Å². The van der Waals surface area contributed by atoms with E-state index in [9.17, 15) is 4.79 Å². The van der Waals surface area contributed by atoms with E-state index in [1.165, 1.54) is 0 Å². The predicted molar refractivity (Wildman–Crippen MR) is 78.0 cm³/mol. The maximum atomic E-state index is 11.8. The molecule has 1 amide bonds. The van der Waals surface area contributed by atoms with Crippen molar-refractivity contribution in [3.05, 3.63) is 70.8 Å². The quantitative estimate of drug-likeness (QED) is 0.832. The average molecular weight is 270 g/mol. The fourth-order valence-corrected chi connectivity index (χ4v) is 2.63. The van der Waals surface area contributed by atoms with Gasteiger partial charge in [0, 0.05) is 21.9 Å². The highest BCUT2D eigenvalue weighted by Crippen LogP contribution is 2.36. The molecule has 0 saturated heterocycles. The van der Waals surface area contributed by atoms with Crippen LogP contribution in [0.5, 0.6) is 0 Å². The molecular weight excluding hydrogens is 258 g/mol. The van der Waals surface area contributed by atoms with Gasteiger partial charge in [-0.2, -0.15) is 0 Å². The molecule has 1 heterocycles. The first-order valence-corrected chi connectivity index (χ1v) is 6.47. The van der Waals surface area contributed by atoms with Crippen LogP contribution in [0.1, 0.15) is 17.5 Å². The minimum Gasteiger partial charge on any atom is -0.325 e. The molecule has 0 radical (unpaired) electrons. The smallest absolute Gasteiger partial charge is 0.229 e. The van der Waals surface area contributed by atoms with E-state index in [0.29, 0.717) is 5.03 Å². The van der Waals surface area contributed by atoms with E-state index < -0.39 is 0 Å². The lowest BCUT2D eigenvalue weighted by molar-refractivity contribution is -0.115. The number of amides is 1. The Morgan fingerprint density at radius 1 is 0.947 bits per heavy atom. The Morgan fingerprint density at radius 2 is 1.63 bits per heavy atom. The van der Waals surface area contributed by atoms with Gasteiger partial charge in [-0.25, -0.2) is 0 Å². The number of carbonyl (C=O) groups is 1. The molecule has 0 atom stereocenters. The highest BCUT2D eigenvalue weighted by molar-refractivity contribution is 6.35. The first-order valence-electron chi connectivity index (χ1n) is 6.09. The van der Waals surface area contributed by atoms with E-state index in [-0.39, 0.29) is 12.3 Å². The summed E-state index contributed by atoms with van der Waals surface area (Å²) < 4.78 is 0. The van der Waals surface area contributed by atoms with Gasteiger partial charge in [-0.3, -0.25) is 4.79 Å². The maximum absolute atomic E-state index is 11.8. The average Bonchev–Trinajstić information content (AvgIpc) is 2.54. The number of halogens is 1. The lowest BCUT2D eigenvalue weighted by Crippen LogP contribution is -2.09. The molecule has 0 fully saturated rings. The van der Waals surface area contributed by atoms with Crippen molar-refractivity contribution in [1.29, 1.82) is 0 Å². The Hall–Kier alpha value is -2.06. The van der Waals surface area contributed by atoms with Gasteiger partial charge >= 0.3 is 0 Å². The van der Waals surface area contributed by atoms with Gasteiger partial charge in [-0.15, -0.1) is 0 Å². The van der Waals surface area contributed by atoms with Gasteiger partial charge < -0.3 is 5.32 Å². The molecule has 19 heavy (non-hydrogen) atoms. The summed E-state index contributed by atoms with van der Waals surface area (Å²) in [5.41, 5.74) is 3.72. The largest absolute Gasteiger partial charge is 0.325 e. The number of benzene rings is 2. The lowest BCUT2D eigenvalue weighted by atomic mass is 9.96. The second kappa shape index (κ2) is 4.90. The number of rotatable bonds is 1. The summed E-state index contributed by atoms with van der Waals surface area (Å²) in [5.74, 6) is -0.0802. The summed E-state index contributed by atoms with van der Waals surface area (Å²) in [5, 5.41) is 3.46. The summed E-state index contributed by atoms with van der Waals surface area (Å²) in [4.78, 5) is 11.8. The lowest BCUT2D eigenvalue weighted by Gasteiger charge is -2.11. The third-order valence-corrected chi connectivity index (χ3v) is 3.44. The second-order valence-electron chi connectivity index (χ2n) is 4.42. The molecule has 3 rings (SSSR count). The van der Waals surface area contributed by atoms with Crippen LogP contribution in [0.3, 0.4) is 0 Å². The van der Waals surface area contributed by atoms with Gasteiger partial charge in [0.25, 0.3) is 0 Å². The molecule has 2 nitrogen and oxygen atoms in total. The zero-order valence-electron chi connectivity index (χ0n) is 10.2. The number of nitrogens with one attached hydrogen (secondary N) is 1. The van der Waals surface area contributed by atoms with Crippen LogP contribution in [0.25, 0.3) is 5.57 Å². The van der Waals surface area contributed by atoms with Gasteiger partial charge in [0.2, 0.25) is 5.91 Å². The zero-order chi connectivity index (χ0) is 13.2. The zero-order valence-corrected chi connectivity index (χ0v) is 10.9. The number of anilines is 1. The van der Waals surface area contributed by atoms with Crippen LogP contribution in [0.15, 0.2) is 59.6 Å². The molecular formula is C16H12ClNO. The minimum atomic E-state index is -0.0802. The fraction of sp³-hybridized carbons (Fsp3) is 0.0625. The first-order chi connectivity index (χ1) is 9.25. The third kappa shape index (κ3) is 2.27. The normalized spacial score (nSPS) is 14.7. The SMILES string of the molecule is O=C1CC(Cl)=C(c2ccccc2)c2ccccc2N1. The molecule has 2 aromatic rings. The molecule has 0 saturated carbocycles. The molecule has 0 bridgehead atoms. The highest BCUT2D eigenvalue weighted by atomic mass is 35.5. The molecule has 2 aromatic carbocycles. The first kappa shape index (κ1) is 12.0. The van der Waals surface area contributed by atoms with Crippen LogP contribution in [0.2, 0.25) is 0 Å². The Labute approximate surface area is 116 Å². The Balaban J connectivity index is 2.25. The van der Waals surface area contributed by atoms with Crippen molar-refractivity contribution in [2.24, 2.45) is 0 Å². The summed E-state index contributed by atoms with van der Waals surface area (Å²) in [6.45, 7) is 0. The van der Waals surface area contributed by atoms with Crippen molar-refractivity contribution in [2.45, 2.75) is 6.42 Å². The molecule has 0 unspecified atom stereocenters. The number of hydrogen-bond donors (Lipinski definition) is 1. The van der Waals surface area contributed by atoms with Crippen LogP contribution >= 0.6 is 11.6 Å². The van der Waals surface area contributed by atoms with Crippen molar-refractivity contribution in [2.75, 3.05) is 5.32 Å². The van der Waals surface area contributed by atoms with Crippen LogP contribution < -0.4 is 5.32 Å². The molecule has 0 spiro atoms. The minimum absolute atomic E-state index is 0.0802. The van der Waals surface area contributed by atoms with E-state index >= 15 is 0 Å². The Morgan fingerprint density at radius 3 is 2.42 bits per heavy atom. The van der Waals surface area contributed by atoms with Crippen molar-refractivity contribution in [1.82, 2.24) is 0 Å². The van der Waals surface area contributed by atoms with E-state index in [4.69, 9.17) is 11.6 Å². The summed E-state index contributed by atoms with van der Waals surface area (Å²) in [6.07, 6.45) is 0.209. The Kier molecular flexibility index (Phi) is 3.10. The molecule has 0 aromatic heterocycles. The van der Waals surface area contributed by atoms with Crippen LogP contribution in [-0.2, 0) is 4.79 Å². The second-order valence-corrected chi connectivity index (χ2v) is 4.87. The van der Waals surface area contributed by atoms with Gasteiger partial charge in [0.1, 0.15) is 0 Å². The molecule has 1 aliphatic heterocycles. The van der Waals surface area contributed by atoms with Gasteiger partial charge in [-0.05, 0) is 11.6 Å². The predicted octanol–water partition coefficient (Wildman–Crippen LogP) is 4.03. The van der Waals surface area contributed by atoms with Crippen molar-refractivity contribution in [3.63, 3.8) is 0 Å². The van der Waals surface area contributed by atoms with E-state index in [1.807, 2.05) is 54.6 Å². The monoisotopic (exact) mass is 269 g/mol. The van der Waals surface area contributed by atoms with Crippen LogP contribution in [0.4, 0.5) is 5.69 Å². The van der Waals surface area contributed by atoms with E-state index in [0.717, 1.165) is 22.4 Å². The van der Waals surface area contributed by atoms with Crippen molar-refractivity contribution in [3.8, 4) is 0 Å². The van der Waals surface area contributed by atoms with Crippen LogP contribution in [0, 0.1) is 0 Å². The summed E-state index contributed by atoms with van der Waals surface area (Å²) >= 11 is 6.36. The number of para-hydroxylation sites is 1. The van der Waals surface area contributed by atoms with Crippen LogP contribution in [-0.4, -0.2) is 5.91 Å². The summed E-state index contributed by atoms with van der Waals surface area (Å²) in [7, 11) is 0. The van der Waals surface area contributed by atoms with E-state index in [1.54, 1.807) is 0 Å². The molecule has 1 aliphatic rings. The summed E-state index contributed by atoms with van der Waals surface area (Å²) in [6, 6.07) is 17.6. The third-order valence-electron chi connectivity index (χ3n) is 3.12. The molecule has 0 aliphatic carbocycles. The number of fused-ring (bicyclic) bond motifs is 1. The molecule has 94 valence electrons. The number of hydrogen-bond acceptors (Lipinski definition) is 1. The molecule has 3 heteroatoms. The van der Waals surface area contributed by atoms with Gasteiger partial charge in [0.05, 0.1) is 6.42 Å². The van der Waals surface area contributed by atoms with Gasteiger partial charge in [-0.1, -0.05) is 60.1 Å². The highest BCUT2D eigenvalue weighted by Gasteiger charge is 2.20. The van der Waals surface area contributed by atoms with Crippen molar-refractivity contribution >= 4 is 28.8 Å². The maximum Gasteiger partial charge on any atom is 0.229 e. The van der Waals surface area contributed by atoms with Crippen molar-refractivity contribution < 1.29 is 4.79 Å². The standard InChI is InChI=1S/C16H12ClNO/c17-13-10-15(19)18-14-9-5-4-8-12(14)16(13)11-6-2-1-3-7-11/h1-9H,10H2,(H,18,19). The van der Waals surface area contributed by atoms with E-state index in [2.05, 4.69) is 5.32 Å². The Bertz CT molecular complexity index is 661. The van der Waals surface area contributed by atoms with Gasteiger partial charge in [0.15, 0.2) is 0 Å². The fourth-order valence-electron chi connectivity index (χ4n) is 2.30. The molecule has 1 N–H and O–H groups in total.